The van der Waals surface area contributed by atoms with Crippen LogP contribution in [-0.2, 0) is 20.7 Å². The molecule has 0 saturated carbocycles. The number of cyclic esters (lactones) is 1. The standard InChI is InChI=1S/C16H17ClN2O4/c1-10-6-11(2-4-13(10)17)3-5-14(20)18-7-12(8-18)19-15(21)9-23-16(19)22/h2,4,6,12H,3,5,7-9H2,1H3. The highest BCUT2D eigenvalue weighted by molar-refractivity contribution is 6.31. The van der Waals surface area contributed by atoms with E-state index in [-0.39, 0.29) is 24.5 Å². The molecular weight excluding hydrogens is 320 g/mol. The van der Waals surface area contributed by atoms with E-state index in [0.717, 1.165) is 16.0 Å². The van der Waals surface area contributed by atoms with E-state index >= 15 is 0 Å². The van der Waals surface area contributed by atoms with Crippen molar-refractivity contribution in [2.24, 2.45) is 0 Å². The molecule has 122 valence electrons. The zero-order valence-electron chi connectivity index (χ0n) is 12.8. The van der Waals surface area contributed by atoms with Crippen LogP contribution >= 0.6 is 11.6 Å². The van der Waals surface area contributed by atoms with E-state index in [2.05, 4.69) is 4.74 Å². The van der Waals surface area contributed by atoms with Gasteiger partial charge in [-0.1, -0.05) is 23.7 Å². The Hall–Kier alpha value is -2.08. The summed E-state index contributed by atoms with van der Waals surface area (Å²) in [5.74, 6) is -0.308. The third-order valence-electron chi connectivity index (χ3n) is 4.21. The molecule has 2 fully saturated rings. The summed E-state index contributed by atoms with van der Waals surface area (Å²) in [5.41, 5.74) is 2.06. The fraction of sp³-hybridized carbons (Fsp3) is 0.438. The Morgan fingerprint density at radius 3 is 2.70 bits per heavy atom. The van der Waals surface area contributed by atoms with Gasteiger partial charge >= 0.3 is 6.09 Å². The van der Waals surface area contributed by atoms with Gasteiger partial charge in [0, 0.05) is 24.5 Å². The van der Waals surface area contributed by atoms with Gasteiger partial charge in [-0.3, -0.25) is 9.59 Å². The minimum atomic E-state index is -0.608. The molecule has 2 saturated heterocycles. The lowest BCUT2D eigenvalue weighted by molar-refractivity contribution is -0.142. The molecule has 0 N–H and O–H groups in total. The monoisotopic (exact) mass is 336 g/mol. The second kappa shape index (κ2) is 6.20. The quantitative estimate of drug-likeness (QED) is 0.840. The van der Waals surface area contributed by atoms with E-state index in [0.29, 0.717) is 31.0 Å². The lowest BCUT2D eigenvalue weighted by Crippen LogP contribution is -2.62. The molecule has 0 radical (unpaired) electrons. The van der Waals surface area contributed by atoms with Crippen molar-refractivity contribution in [2.45, 2.75) is 25.8 Å². The van der Waals surface area contributed by atoms with Crippen molar-refractivity contribution in [1.82, 2.24) is 9.80 Å². The van der Waals surface area contributed by atoms with Crippen molar-refractivity contribution in [3.63, 3.8) is 0 Å². The minimum absolute atomic E-state index is 0.0221. The number of carbonyl (C=O) groups excluding carboxylic acids is 3. The fourth-order valence-corrected chi connectivity index (χ4v) is 2.93. The highest BCUT2D eigenvalue weighted by atomic mass is 35.5. The number of halogens is 1. The first-order valence-corrected chi connectivity index (χ1v) is 7.85. The number of imide groups is 1. The summed E-state index contributed by atoms with van der Waals surface area (Å²) in [7, 11) is 0. The molecule has 0 aromatic heterocycles. The van der Waals surface area contributed by atoms with E-state index in [1.807, 2.05) is 25.1 Å². The molecule has 2 aliphatic rings. The molecule has 1 aromatic carbocycles. The Labute approximate surface area is 138 Å². The predicted molar refractivity (Wildman–Crippen MR) is 83.1 cm³/mol. The van der Waals surface area contributed by atoms with Crippen molar-refractivity contribution in [3.05, 3.63) is 34.3 Å². The Morgan fingerprint density at radius 1 is 1.35 bits per heavy atom. The molecule has 7 heteroatoms. The Balaban J connectivity index is 1.48. The first kappa shape index (κ1) is 15.8. The number of benzene rings is 1. The molecule has 6 nitrogen and oxygen atoms in total. The molecule has 0 bridgehead atoms. The lowest BCUT2D eigenvalue weighted by atomic mass is 10.0. The van der Waals surface area contributed by atoms with Crippen molar-refractivity contribution in [1.29, 1.82) is 0 Å². The summed E-state index contributed by atoms with van der Waals surface area (Å²) in [4.78, 5) is 37.9. The molecular formula is C16H17ClN2O4. The summed E-state index contributed by atoms with van der Waals surface area (Å²) >= 11 is 5.98. The number of amides is 3. The topological polar surface area (TPSA) is 66.9 Å². The van der Waals surface area contributed by atoms with Gasteiger partial charge in [-0.05, 0) is 30.5 Å². The highest BCUT2D eigenvalue weighted by Crippen LogP contribution is 2.21. The number of likely N-dealkylation sites (tertiary alicyclic amines) is 1. The summed E-state index contributed by atoms with van der Waals surface area (Å²) in [6, 6.07) is 5.48. The normalized spacial score (nSPS) is 18.2. The number of nitrogens with zero attached hydrogens (tertiary/aromatic N) is 2. The van der Waals surface area contributed by atoms with Crippen molar-refractivity contribution < 1.29 is 19.1 Å². The number of hydrogen-bond acceptors (Lipinski definition) is 4. The van der Waals surface area contributed by atoms with Crippen molar-refractivity contribution in [3.8, 4) is 0 Å². The van der Waals surface area contributed by atoms with Crippen LogP contribution in [0.4, 0.5) is 4.79 Å². The van der Waals surface area contributed by atoms with E-state index in [1.165, 1.54) is 0 Å². The first-order valence-electron chi connectivity index (χ1n) is 7.47. The summed E-state index contributed by atoms with van der Waals surface area (Å²) in [6.45, 7) is 2.51. The van der Waals surface area contributed by atoms with Gasteiger partial charge in [0.25, 0.3) is 5.91 Å². The van der Waals surface area contributed by atoms with Crippen molar-refractivity contribution in [2.75, 3.05) is 19.7 Å². The van der Waals surface area contributed by atoms with E-state index in [9.17, 15) is 14.4 Å². The van der Waals surface area contributed by atoms with Crippen LogP contribution in [0.5, 0.6) is 0 Å². The van der Waals surface area contributed by atoms with Gasteiger partial charge < -0.3 is 9.64 Å². The average Bonchev–Trinajstić information content (AvgIpc) is 2.79. The van der Waals surface area contributed by atoms with E-state index in [1.54, 1.807) is 4.90 Å². The number of aryl methyl sites for hydroxylation is 2. The van der Waals surface area contributed by atoms with Crippen molar-refractivity contribution >= 4 is 29.5 Å². The van der Waals surface area contributed by atoms with Crippen LogP contribution in [0.15, 0.2) is 18.2 Å². The zero-order chi connectivity index (χ0) is 16.6. The Kier molecular flexibility index (Phi) is 4.26. The number of hydrogen-bond donors (Lipinski definition) is 0. The van der Waals surface area contributed by atoms with Crippen LogP contribution in [0.25, 0.3) is 0 Å². The molecule has 0 spiro atoms. The van der Waals surface area contributed by atoms with E-state index < -0.39 is 6.09 Å². The molecule has 2 aliphatic heterocycles. The molecule has 3 rings (SSSR count). The molecule has 0 atom stereocenters. The van der Waals surface area contributed by atoms with Crippen LogP contribution in [0, 0.1) is 6.92 Å². The lowest BCUT2D eigenvalue weighted by Gasteiger charge is -2.42. The van der Waals surface area contributed by atoms with Gasteiger partial charge in [0.05, 0.1) is 6.04 Å². The smallest absolute Gasteiger partial charge is 0.417 e. The molecule has 0 unspecified atom stereocenters. The van der Waals surface area contributed by atoms with Gasteiger partial charge in [-0.2, -0.15) is 0 Å². The molecule has 2 heterocycles. The highest BCUT2D eigenvalue weighted by Gasteiger charge is 2.44. The Bertz CT molecular complexity index is 654. The zero-order valence-corrected chi connectivity index (χ0v) is 13.5. The minimum Gasteiger partial charge on any atom is -0.439 e. The second-order valence-corrected chi connectivity index (χ2v) is 6.26. The fourth-order valence-electron chi connectivity index (χ4n) is 2.81. The van der Waals surface area contributed by atoms with E-state index in [4.69, 9.17) is 11.6 Å². The van der Waals surface area contributed by atoms with Gasteiger partial charge in [0.15, 0.2) is 6.61 Å². The van der Waals surface area contributed by atoms with Gasteiger partial charge in [0.2, 0.25) is 5.91 Å². The molecule has 1 aromatic rings. The van der Waals surface area contributed by atoms with Crippen LogP contribution < -0.4 is 0 Å². The second-order valence-electron chi connectivity index (χ2n) is 5.85. The summed E-state index contributed by atoms with van der Waals surface area (Å²) < 4.78 is 4.68. The third-order valence-corrected chi connectivity index (χ3v) is 4.64. The average molecular weight is 337 g/mol. The van der Waals surface area contributed by atoms with Crippen LogP contribution in [0.3, 0.4) is 0 Å². The maximum absolute atomic E-state index is 12.2. The third kappa shape index (κ3) is 3.17. The molecule has 0 aliphatic carbocycles. The van der Waals surface area contributed by atoms with Crippen LogP contribution in [0.2, 0.25) is 5.02 Å². The summed E-state index contributed by atoms with van der Waals surface area (Å²) in [6.07, 6.45) is 0.429. The molecule has 23 heavy (non-hydrogen) atoms. The van der Waals surface area contributed by atoms with Gasteiger partial charge in [-0.25, -0.2) is 9.69 Å². The van der Waals surface area contributed by atoms with Gasteiger partial charge in [-0.15, -0.1) is 0 Å². The maximum atomic E-state index is 12.2. The van der Waals surface area contributed by atoms with Gasteiger partial charge in [0.1, 0.15) is 0 Å². The first-order chi connectivity index (χ1) is 11.0. The molecule has 3 amide bonds. The largest absolute Gasteiger partial charge is 0.439 e. The predicted octanol–water partition coefficient (Wildman–Crippen LogP) is 1.77. The number of ether oxygens (including phenoxy) is 1. The SMILES string of the molecule is Cc1cc(CCC(=O)N2CC(N3C(=O)COC3=O)C2)ccc1Cl. The maximum Gasteiger partial charge on any atom is 0.417 e. The van der Waals surface area contributed by atoms with Crippen LogP contribution in [-0.4, -0.2) is 53.4 Å². The van der Waals surface area contributed by atoms with Crippen LogP contribution in [0.1, 0.15) is 17.5 Å². The Morgan fingerprint density at radius 2 is 2.09 bits per heavy atom. The number of rotatable bonds is 4. The summed E-state index contributed by atoms with van der Waals surface area (Å²) in [5, 5.41) is 0.716. The number of carbonyl (C=O) groups is 3.